The van der Waals surface area contributed by atoms with Crippen molar-refractivity contribution in [3.63, 3.8) is 0 Å². The van der Waals surface area contributed by atoms with Crippen LogP contribution in [0.4, 0.5) is 0 Å². The molecule has 0 fully saturated rings. The highest BCUT2D eigenvalue weighted by atomic mass is 32.2. The van der Waals surface area contributed by atoms with E-state index in [1.165, 1.54) is 16.7 Å². The molecule has 1 aromatic rings. The molecule has 0 spiro atoms. The minimum absolute atomic E-state index is 0.152. The summed E-state index contributed by atoms with van der Waals surface area (Å²) in [5.74, 6) is -0.885. The van der Waals surface area contributed by atoms with Crippen molar-refractivity contribution in [2.45, 2.75) is 18.2 Å². The summed E-state index contributed by atoms with van der Waals surface area (Å²) in [6.07, 6.45) is 4.07. The second-order valence-corrected chi connectivity index (χ2v) is 4.73. The summed E-state index contributed by atoms with van der Waals surface area (Å²) < 4.78 is 0. The fourth-order valence-corrected chi connectivity index (χ4v) is 2.18. The maximum Gasteiger partial charge on any atom is 0.323 e. The molecule has 0 aliphatic heterocycles. The molecule has 0 aliphatic carbocycles. The number of carboxylic acid groups (broad SMARTS) is 1. The second kappa shape index (κ2) is 7.71. The molecule has 18 heavy (non-hydrogen) atoms. The Balaban J connectivity index is 2.48. The third kappa shape index (κ3) is 5.18. The number of hydrogen-bond donors (Lipinski definition) is 1. The summed E-state index contributed by atoms with van der Waals surface area (Å²) >= 11 is 1.39. The Kier molecular flexibility index (Phi) is 6.21. The van der Waals surface area contributed by atoms with E-state index in [1.807, 2.05) is 19.1 Å². The largest absolute Gasteiger partial charge is 0.480 e. The third-order valence-corrected chi connectivity index (χ3v) is 3.18. The van der Waals surface area contributed by atoms with Gasteiger partial charge in [0.15, 0.2) is 0 Å². The molecule has 1 rings (SSSR count). The maximum absolute atomic E-state index is 11.9. The van der Waals surface area contributed by atoms with Crippen LogP contribution in [0.5, 0.6) is 0 Å². The zero-order chi connectivity index (χ0) is 13.4. The predicted molar refractivity (Wildman–Crippen MR) is 69.5 cm³/mol. The highest BCUT2D eigenvalue weighted by Crippen LogP contribution is 2.16. The molecule has 1 heterocycles. The predicted octanol–water partition coefficient (Wildman–Crippen LogP) is 1.50. The second-order valence-electron chi connectivity index (χ2n) is 3.68. The van der Waals surface area contributed by atoms with Crippen molar-refractivity contribution >= 4 is 23.6 Å². The smallest absolute Gasteiger partial charge is 0.323 e. The van der Waals surface area contributed by atoms with E-state index in [1.54, 1.807) is 12.4 Å². The number of aromatic nitrogens is 1. The minimum Gasteiger partial charge on any atom is -0.480 e. The van der Waals surface area contributed by atoms with Gasteiger partial charge in [-0.25, -0.2) is 0 Å². The zero-order valence-electron chi connectivity index (χ0n) is 10.2. The van der Waals surface area contributed by atoms with Gasteiger partial charge in [-0.2, -0.15) is 0 Å². The lowest BCUT2D eigenvalue weighted by Crippen LogP contribution is -2.37. The van der Waals surface area contributed by atoms with Crippen LogP contribution in [0.2, 0.25) is 0 Å². The van der Waals surface area contributed by atoms with Crippen molar-refractivity contribution in [2.24, 2.45) is 0 Å². The molecule has 0 unspecified atom stereocenters. The van der Waals surface area contributed by atoms with Crippen LogP contribution in [0, 0.1) is 0 Å². The van der Waals surface area contributed by atoms with E-state index in [-0.39, 0.29) is 18.2 Å². The van der Waals surface area contributed by atoms with Crippen LogP contribution < -0.4 is 0 Å². The number of rotatable bonds is 7. The van der Waals surface area contributed by atoms with Crippen molar-refractivity contribution < 1.29 is 14.7 Å². The molecule has 98 valence electrons. The molecule has 6 heteroatoms. The minimum atomic E-state index is -0.981. The van der Waals surface area contributed by atoms with Gasteiger partial charge >= 0.3 is 5.97 Å². The SMILES string of the molecule is CCCN(CC(=O)O)C(=O)CSc1ccncc1. The van der Waals surface area contributed by atoms with Gasteiger partial charge in [-0.3, -0.25) is 14.6 Å². The van der Waals surface area contributed by atoms with E-state index in [4.69, 9.17) is 5.11 Å². The van der Waals surface area contributed by atoms with Crippen LogP contribution in [0.1, 0.15) is 13.3 Å². The quantitative estimate of drug-likeness (QED) is 0.759. The van der Waals surface area contributed by atoms with Gasteiger partial charge in [-0.05, 0) is 18.6 Å². The molecule has 1 amide bonds. The molecular formula is C12H16N2O3S. The first-order chi connectivity index (χ1) is 8.63. The Morgan fingerprint density at radius 2 is 2.06 bits per heavy atom. The molecule has 0 bridgehead atoms. The van der Waals surface area contributed by atoms with Crippen LogP contribution >= 0.6 is 11.8 Å². The molecule has 1 N–H and O–H groups in total. The summed E-state index contributed by atoms with van der Waals surface area (Å²) in [5, 5.41) is 8.74. The Hall–Kier alpha value is -1.56. The lowest BCUT2D eigenvalue weighted by molar-refractivity contribution is -0.143. The van der Waals surface area contributed by atoms with Gasteiger partial charge in [0.1, 0.15) is 6.54 Å². The summed E-state index contributed by atoms with van der Waals surface area (Å²) in [5.41, 5.74) is 0. The zero-order valence-corrected chi connectivity index (χ0v) is 11.0. The number of thioether (sulfide) groups is 1. The normalized spacial score (nSPS) is 10.1. The highest BCUT2D eigenvalue weighted by molar-refractivity contribution is 8.00. The van der Waals surface area contributed by atoms with Crippen molar-refractivity contribution in [2.75, 3.05) is 18.8 Å². The lowest BCUT2D eigenvalue weighted by Gasteiger charge is -2.19. The summed E-state index contributed by atoms with van der Waals surface area (Å²) in [4.78, 5) is 28.7. The van der Waals surface area contributed by atoms with E-state index < -0.39 is 5.97 Å². The Morgan fingerprint density at radius 1 is 1.39 bits per heavy atom. The van der Waals surface area contributed by atoms with Crippen molar-refractivity contribution in [3.8, 4) is 0 Å². The molecule has 1 aromatic heterocycles. The Morgan fingerprint density at radius 3 is 2.61 bits per heavy atom. The van der Waals surface area contributed by atoms with E-state index in [0.29, 0.717) is 6.54 Å². The van der Waals surface area contributed by atoms with Crippen LogP contribution in [-0.2, 0) is 9.59 Å². The molecule has 0 saturated carbocycles. The molecular weight excluding hydrogens is 252 g/mol. The summed E-state index contributed by atoms with van der Waals surface area (Å²) in [7, 11) is 0. The molecule has 0 atom stereocenters. The number of hydrogen-bond acceptors (Lipinski definition) is 4. The van der Waals surface area contributed by atoms with Crippen molar-refractivity contribution in [1.29, 1.82) is 0 Å². The van der Waals surface area contributed by atoms with Gasteiger partial charge in [0.2, 0.25) is 5.91 Å². The van der Waals surface area contributed by atoms with E-state index in [9.17, 15) is 9.59 Å². The van der Waals surface area contributed by atoms with Crippen LogP contribution in [-0.4, -0.2) is 45.7 Å². The topological polar surface area (TPSA) is 70.5 Å². The summed E-state index contributed by atoms with van der Waals surface area (Å²) in [6.45, 7) is 2.16. The maximum atomic E-state index is 11.9. The average Bonchev–Trinajstić information content (AvgIpc) is 2.36. The third-order valence-electron chi connectivity index (χ3n) is 2.18. The van der Waals surface area contributed by atoms with Crippen LogP contribution in [0.25, 0.3) is 0 Å². The average molecular weight is 268 g/mol. The van der Waals surface area contributed by atoms with E-state index in [0.717, 1.165) is 11.3 Å². The number of carbonyl (C=O) groups excluding carboxylic acids is 1. The fraction of sp³-hybridized carbons (Fsp3) is 0.417. The number of nitrogens with zero attached hydrogens (tertiary/aromatic N) is 2. The number of aliphatic carboxylic acids is 1. The molecule has 0 aliphatic rings. The standard InChI is InChI=1S/C12H16N2O3S/c1-2-7-14(8-12(16)17)11(15)9-18-10-3-5-13-6-4-10/h3-6H,2,7-9H2,1H3,(H,16,17). The molecule has 0 radical (unpaired) electrons. The lowest BCUT2D eigenvalue weighted by atomic mass is 10.4. The first-order valence-corrected chi connectivity index (χ1v) is 6.64. The monoisotopic (exact) mass is 268 g/mol. The van der Waals surface area contributed by atoms with Crippen molar-refractivity contribution in [3.05, 3.63) is 24.5 Å². The van der Waals surface area contributed by atoms with Gasteiger partial charge in [-0.15, -0.1) is 11.8 Å². The van der Waals surface area contributed by atoms with Gasteiger partial charge in [-0.1, -0.05) is 6.92 Å². The first kappa shape index (κ1) is 14.5. The van der Waals surface area contributed by atoms with Crippen LogP contribution in [0.3, 0.4) is 0 Å². The number of pyridine rings is 1. The van der Waals surface area contributed by atoms with Gasteiger partial charge < -0.3 is 10.0 Å². The Labute approximate surface area is 110 Å². The first-order valence-electron chi connectivity index (χ1n) is 5.66. The van der Waals surface area contributed by atoms with Crippen molar-refractivity contribution in [1.82, 2.24) is 9.88 Å². The number of amides is 1. The number of carboxylic acids is 1. The fourth-order valence-electron chi connectivity index (χ4n) is 1.40. The molecule has 0 saturated heterocycles. The van der Waals surface area contributed by atoms with Gasteiger partial charge in [0.05, 0.1) is 5.75 Å². The number of carbonyl (C=O) groups is 2. The highest BCUT2D eigenvalue weighted by Gasteiger charge is 2.15. The Bertz CT molecular complexity index is 398. The van der Waals surface area contributed by atoms with Crippen LogP contribution in [0.15, 0.2) is 29.4 Å². The van der Waals surface area contributed by atoms with Gasteiger partial charge in [0, 0.05) is 23.8 Å². The van der Waals surface area contributed by atoms with E-state index in [2.05, 4.69) is 4.98 Å². The summed E-state index contributed by atoms with van der Waals surface area (Å²) in [6, 6.07) is 3.64. The molecule has 5 nitrogen and oxygen atoms in total. The molecule has 0 aromatic carbocycles. The van der Waals surface area contributed by atoms with E-state index >= 15 is 0 Å². The van der Waals surface area contributed by atoms with Gasteiger partial charge in [0.25, 0.3) is 0 Å².